The average molecular weight is 316 g/mol. The van der Waals surface area contributed by atoms with Crippen LogP contribution < -0.4 is 5.32 Å². The second-order valence-corrected chi connectivity index (χ2v) is 7.39. The van der Waals surface area contributed by atoms with Gasteiger partial charge in [-0.05, 0) is 20.2 Å². The van der Waals surface area contributed by atoms with Gasteiger partial charge in [0.05, 0.1) is 5.75 Å². The molecule has 0 heterocycles. The number of nitrogens with one attached hydrogen (secondary N) is 1. The third-order valence-electron chi connectivity index (χ3n) is 3.12. The van der Waals surface area contributed by atoms with Gasteiger partial charge in [-0.25, -0.2) is 12.8 Å². The fourth-order valence-corrected chi connectivity index (χ4v) is 2.62. The number of halogens is 1. The molecule has 0 aliphatic rings. The standard InChI is InChI=1S/C14H21FN2O3S/c1-4-21(19,20)10-9-16-14(18)13(17(2)3)11-7-5-6-8-12(11)15/h5-8,13H,4,9-10H2,1-3H3,(H,16,18)/t13-/m1/s1. The maximum Gasteiger partial charge on any atom is 0.242 e. The number of rotatable bonds is 7. The van der Waals surface area contributed by atoms with Gasteiger partial charge >= 0.3 is 0 Å². The molecule has 0 spiro atoms. The molecule has 1 N–H and O–H groups in total. The first-order chi connectivity index (χ1) is 9.78. The summed E-state index contributed by atoms with van der Waals surface area (Å²) in [5.41, 5.74) is 0.262. The highest BCUT2D eigenvalue weighted by Crippen LogP contribution is 2.21. The van der Waals surface area contributed by atoms with Crippen molar-refractivity contribution in [2.24, 2.45) is 0 Å². The number of carbonyl (C=O) groups excluding carboxylic acids is 1. The number of sulfone groups is 1. The van der Waals surface area contributed by atoms with E-state index in [4.69, 9.17) is 0 Å². The SMILES string of the molecule is CCS(=O)(=O)CCNC(=O)[C@@H](c1ccccc1F)N(C)C. The quantitative estimate of drug-likeness (QED) is 0.814. The molecular weight excluding hydrogens is 295 g/mol. The van der Waals surface area contributed by atoms with Crippen LogP contribution in [0.5, 0.6) is 0 Å². The topological polar surface area (TPSA) is 66.5 Å². The zero-order valence-corrected chi connectivity index (χ0v) is 13.3. The highest BCUT2D eigenvalue weighted by molar-refractivity contribution is 7.91. The van der Waals surface area contributed by atoms with E-state index < -0.39 is 27.6 Å². The number of hydrogen-bond donors (Lipinski definition) is 1. The molecule has 0 aliphatic heterocycles. The molecule has 7 heteroatoms. The lowest BCUT2D eigenvalue weighted by atomic mass is 10.0. The summed E-state index contributed by atoms with van der Waals surface area (Å²) < 4.78 is 36.6. The average Bonchev–Trinajstić information content (AvgIpc) is 2.40. The molecule has 0 fully saturated rings. The first-order valence-electron chi connectivity index (χ1n) is 6.67. The van der Waals surface area contributed by atoms with Crippen molar-refractivity contribution in [3.05, 3.63) is 35.6 Å². The Balaban J connectivity index is 2.79. The van der Waals surface area contributed by atoms with Crippen LogP contribution in [0.15, 0.2) is 24.3 Å². The summed E-state index contributed by atoms with van der Waals surface area (Å²) in [6.07, 6.45) is 0. The maximum atomic E-state index is 13.8. The normalized spacial score (nSPS) is 13.2. The first kappa shape index (κ1) is 17.6. The van der Waals surface area contributed by atoms with Gasteiger partial charge in [-0.1, -0.05) is 25.1 Å². The Hall–Kier alpha value is -1.47. The summed E-state index contributed by atoms with van der Waals surface area (Å²) in [4.78, 5) is 13.8. The van der Waals surface area contributed by atoms with E-state index in [0.717, 1.165) is 0 Å². The summed E-state index contributed by atoms with van der Waals surface area (Å²) in [7, 11) is 0.196. The Kier molecular flexibility index (Phi) is 6.29. The second-order valence-electron chi connectivity index (χ2n) is 4.92. The van der Waals surface area contributed by atoms with Gasteiger partial charge in [0, 0.05) is 17.9 Å². The lowest BCUT2D eigenvalue weighted by molar-refractivity contribution is -0.125. The lowest BCUT2D eigenvalue weighted by Crippen LogP contribution is -2.39. The summed E-state index contributed by atoms with van der Waals surface area (Å²) >= 11 is 0. The van der Waals surface area contributed by atoms with E-state index in [0.29, 0.717) is 0 Å². The van der Waals surface area contributed by atoms with Crippen LogP contribution in [0.4, 0.5) is 4.39 Å². The maximum absolute atomic E-state index is 13.8. The number of benzene rings is 1. The zero-order valence-electron chi connectivity index (χ0n) is 12.5. The number of amides is 1. The highest BCUT2D eigenvalue weighted by Gasteiger charge is 2.25. The van der Waals surface area contributed by atoms with Crippen LogP contribution in [-0.2, 0) is 14.6 Å². The molecular formula is C14H21FN2O3S. The Morgan fingerprint density at radius 3 is 2.48 bits per heavy atom. The van der Waals surface area contributed by atoms with Crippen LogP contribution in [0.3, 0.4) is 0 Å². The third kappa shape index (κ3) is 5.09. The Labute approximate surface area is 125 Å². The van der Waals surface area contributed by atoms with Gasteiger partial charge in [-0.2, -0.15) is 0 Å². The van der Waals surface area contributed by atoms with Gasteiger partial charge in [0.2, 0.25) is 5.91 Å². The van der Waals surface area contributed by atoms with E-state index in [2.05, 4.69) is 5.32 Å². The van der Waals surface area contributed by atoms with Crippen molar-refractivity contribution in [1.82, 2.24) is 10.2 Å². The van der Waals surface area contributed by atoms with Crippen molar-refractivity contribution >= 4 is 15.7 Å². The third-order valence-corrected chi connectivity index (χ3v) is 4.82. The van der Waals surface area contributed by atoms with E-state index >= 15 is 0 Å². The second kappa shape index (κ2) is 7.51. The van der Waals surface area contributed by atoms with E-state index in [1.165, 1.54) is 6.07 Å². The van der Waals surface area contributed by atoms with Crippen LogP contribution >= 0.6 is 0 Å². The summed E-state index contributed by atoms with van der Waals surface area (Å²) in [6, 6.07) is 5.25. The molecule has 0 aromatic heterocycles. The summed E-state index contributed by atoms with van der Waals surface area (Å²) in [6.45, 7) is 1.58. The predicted molar refractivity (Wildman–Crippen MR) is 80.2 cm³/mol. The Morgan fingerprint density at radius 1 is 1.33 bits per heavy atom. The molecule has 0 saturated heterocycles. The van der Waals surface area contributed by atoms with Crippen molar-refractivity contribution in [3.63, 3.8) is 0 Å². The van der Waals surface area contributed by atoms with Crippen molar-refractivity contribution < 1.29 is 17.6 Å². The minimum absolute atomic E-state index is 0.0216. The molecule has 1 atom stereocenters. The molecule has 1 amide bonds. The van der Waals surface area contributed by atoms with Crippen LogP contribution in [0, 0.1) is 5.82 Å². The molecule has 0 saturated carbocycles. The monoisotopic (exact) mass is 316 g/mol. The van der Waals surface area contributed by atoms with Crippen molar-refractivity contribution in [2.75, 3.05) is 32.1 Å². The minimum Gasteiger partial charge on any atom is -0.353 e. The van der Waals surface area contributed by atoms with Gasteiger partial charge < -0.3 is 5.32 Å². The highest BCUT2D eigenvalue weighted by atomic mass is 32.2. The van der Waals surface area contributed by atoms with E-state index in [9.17, 15) is 17.6 Å². The molecule has 0 radical (unpaired) electrons. The minimum atomic E-state index is -3.14. The molecule has 0 aliphatic carbocycles. The van der Waals surface area contributed by atoms with Crippen molar-refractivity contribution in [1.29, 1.82) is 0 Å². The van der Waals surface area contributed by atoms with Crippen molar-refractivity contribution in [3.8, 4) is 0 Å². The molecule has 21 heavy (non-hydrogen) atoms. The summed E-state index contributed by atoms with van der Waals surface area (Å²) in [5.74, 6) is -0.969. The van der Waals surface area contributed by atoms with Crippen LogP contribution in [0.1, 0.15) is 18.5 Å². The predicted octanol–water partition coefficient (Wildman–Crippen LogP) is 0.979. The fourth-order valence-electron chi connectivity index (χ4n) is 1.92. The van der Waals surface area contributed by atoms with Gasteiger partial charge in [0.15, 0.2) is 9.84 Å². The van der Waals surface area contributed by atoms with Gasteiger partial charge in [-0.3, -0.25) is 9.69 Å². The van der Waals surface area contributed by atoms with Gasteiger partial charge in [0.1, 0.15) is 11.9 Å². The van der Waals surface area contributed by atoms with E-state index in [-0.39, 0.29) is 23.6 Å². The molecule has 1 aromatic rings. The number of nitrogens with zero attached hydrogens (tertiary/aromatic N) is 1. The molecule has 0 bridgehead atoms. The zero-order chi connectivity index (χ0) is 16.0. The molecule has 1 aromatic carbocycles. The number of likely N-dealkylation sites (N-methyl/N-ethyl adjacent to an activating group) is 1. The van der Waals surface area contributed by atoms with Crippen molar-refractivity contribution in [2.45, 2.75) is 13.0 Å². The Bertz CT molecular complexity index is 588. The molecule has 0 unspecified atom stereocenters. The van der Waals surface area contributed by atoms with Crippen LogP contribution in [-0.4, -0.2) is 51.4 Å². The lowest BCUT2D eigenvalue weighted by Gasteiger charge is -2.24. The molecule has 5 nitrogen and oxygen atoms in total. The van der Waals surface area contributed by atoms with Gasteiger partial charge in [0.25, 0.3) is 0 Å². The largest absolute Gasteiger partial charge is 0.353 e. The Morgan fingerprint density at radius 2 is 1.95 bits per heavy atom. The van der Waals surface area contributed by atoms with Gasteiger partial charge in [-0.15, -0.1) is 0 Å². The number of carbonyl (C=O) groups is 1. The number of hydrogen-bond acceptors (Lipinski definition) is 4. The smallest absolute Gasteiger partial charge is 0.242 e. The fraction of sp³-hybridized carbons (Fsp3) is 0.500. The van der Waals surface area contributed by atoms with Crippen LogP contribution in [0.2, 0.25) is 0 Å². The summed E-state index contributed by atoms with van der Waals surface area (Å²) in [5, 5.41) is 2.55. The van der Waals surface area contributed by atoms with E-state index in [1.807, 2.05) is 0 Å². The molecule has 1 rings (SSSR count). The van der Waals surface area contributed by atoms with E-state index in [1.54, 1.807) is 44.1 Å². The molecule has 118 valence electrons. The van der Waals surface area contributed by atoms with Crippen LogP contribution in [0.25, 0.3) is 0 Å². The first-order valence-corrected chi connectivity index (χ1v) is 8.49.